The highest BCUT2D eigenvalue weighted by atomic mass is 16.4. The van der Waals surface area contributed by atoms with E-state index in [4.69, 9.17) is 10.1 Å². The summed E-state index contributed by atoms with van der Waals surface area (Å²) in [6.45, 7) is 4.43. The fraction of sp³-hybridized carbons (Fsp3) is 0.529. The van der Waals surface area contributed by atoms with Crippen molar-refractivity contribution < 1.29 is 9.90 Å². The highest BCUT2D eigenvalue weighted by Crippen LogP contribution is 2.38. The molecule has 1 heterocycles. The molecule has 1 fully saturated rings. The Morgan fingerprint density at radius 3 is 2.67 bits per heavy atom. The molecule has 0 bridgehead atoms. The molecule has 21 heavy (non-hydrogen) atoms. The number of imidazole rings is 1. The van der Waals surface area contributed by atoms with E-state index in [1.807, 2.05) is 6.07 Å². The van der Waals surface area contributed by atoms with Gasteiger partial charge in [-0.2, -0.15) is 0 Å². The molecule has 0 aliphatic heterocycles. The lowest BCUT2D eigenvalue weighted by Crippen LogP contribution is -2.33. The molecule has 1 aliphatic carbocycles. The molecular formula is C17H22N2O2. The van der Waals surface area contributed by atoms with Gasteiger partial charge in [0.05, 0.1) is 16.6 Å². The second kappa shape index (κ2) is 5.17. The highest BCUT2D eigenvalue weighted by Gasteiger charge is 2.32. The Hall–Kier alpha value is -1.84. The topological polar surface area (TPSA) is 55.1 Å². The minimum absolute atomic E-state index is 0.114. The second-order valence-electron chi connectivity index (χ2n) is 6.28. The van der Waals surface area contributed by atoms with Gasteiger partial charge in [-0.25, -0.2) is 9.78 Å². The van der Waals surface area contributed by atoms with Gasteiger partial charge in [0, 0.05) is 12.0 Å². The third kappa shape index (κ3) is 2.33. The van der Waals surface area contributed by atoms with E-state index in [1.165, 1.54) is 32.1 Å². The summed E-state index contributed by atoms with van der Waals surface area (Å²) >= 11 is 0. The van der Waals surface area contributed by atoms with Crippen LogP contribution in [0.25, 0.3) is 11.0 Å². The van der Waals surface area contributed by atoms with Crippen LogP contribution in [0.4, 0.5) is 0 Å². The summed E-state index contributed by atoms with van der Waals surface area (Å²) in [4.78, 5) is 15.8. The zero-order chi connectivity index (χ0) is 15.0. The van der Waals surface area contributed by atoms with Crippen molar-refractivity contribution >= 4 is 17.0 Å². The molecule has 4 nitrogen and oxygen atoms in total. The van der Waals surface area contributed by atoms with Crippen molar-refractivity contribution in [2.75, 3.05) is 0 Å². The minimum Gasteiger partial charge on any atom is -0.478 e. The summed E-state index contributed by atoms with van der Waals surface area (Å²) in [6, 6.07) is 5.30. The van der Waals surface area contributed by atoms with Crippen LogP contribution < -0.4 is 0 Å². The van der Waals surface area contributed by atoms with Crippen LogP contribution in [0.2, 0.25) is 0 Å². The predicted molar refractivity (Wildman–Crippen MR) is 82.8 cm³/mol. The van der Waals surface area contributed by atoms with Crippen LogP contribution in [0, 0.1) is 0 Å². The lowest BCUT2D eigenvalue weighted by atomic mass is 9.82. The van der Waals surface area contributed by atoms with E-state index in [2.05, 4.69) is 18.4 Å². The van der Waals surface area contributed by atoms with Crippen molar-refractivity contribution in [3.05, 3.63) is 29.6 Å². The zero-order valence-electron chi connectivity index (χ0n) is 12.7. The average molecular weight is 286 g/mol. The van der Waals surface area contributed by atoms with Crippen molar-refractivity contribution in [1.29, 1.82) is 0 Å². The number of nitrogens with zero attached hydrogens (tertiary/aromatic N) is 2. The first-order valence-electron chi connectivity index (χ1n) is 7.80. The number of hydrogen-bond acceptors (Lipinski definition) is 2. The first-order valence-corrected chi connectivity index (χ1v) is 7.80. The van der Waals surface area contributed by atoms with Crippen LogP contribution in [0.5, 0.6) is 0 Å². The van der Waals surface area contributed by atoms with E-state index in [0.717, 1.165) is 23.3 Å². The molecule has 1 aromatic carbocycles. The molecule has 4 heteroatoms. The Kier molecular flexibility index (Phi) is 3.47. The first-order chi connectivity index (χ1) is 10.0. The summed E-state index contributed by atoms with van der Waals surface area (Å²) < 4.78 is 2.37. The van der Waals surface area contributed by atoms with Gasteiger partial charge in [0.25, 0.3) is 0 Å². The molecule has 0 spiro atoms. The molecule has 0 amide bonds. The Labute approximate surface area is 124 Å². The van der Waals surface area contributed by atoms with Crippen LogP contribution in [-0.4, -0.2) is 20.6 Å². The predicted octanol–water partition coefficient (Wildman–Crippen LogP) is 3.98. The van der Waals surface area contributed by atoms with Gasteiger partial charge < -0.3 is 9.67 Å². The number of carboxylic acid groups (broad SMARTS) is 1. The van der Waals surface area contributed by atoms with Crippen LogP contribution >= 0.6 is 0 Å². The molecule has 0 radical (unpaired) electrons. The SMILES string of the molecule is CCc1nc2cc(C(=O)O)ccc2n1C1(C)CCCCC1. The maximum atomic E-state index is 11.1. The van der Waals surface area contributed by atoms with Crippen molar-refractivity contribution in [3.63, 3.8) is 0 Å². The molecule has 1 saturated carbocycles. The molecule has 0 saturated heterocycles. The maximum Gasteiger partial charge on any atom is 0.335 e. The van der Waals surface area contributed by atoms with E-state index >= 15 is 0 Å². The molecule has 1 aliphatic rings. The molecule has 2 aromatic rings. The van der Waals surface area contributed by atoms with Gasteiger partial charge >= 0.3 is 5.97 Å². The second-order valence-corrected chi connectivity index (χ2v) is 6.28. The van der Waals surface area contributed by atoms with Gasteiger partial charge in [-0.1, -0.05) is 26.2 Å². The van der Waals surface area contributed by atoms with Crippen molar-refractivity contribution in [2.45, 2.75) is 57.9 Å². The quantitative estimate of drug-likeness (QED) is 0.928. The Balaban J connectivity index is 2.18. The lowest BCUT2D eigenvalue weighted by molar-refractivity contribution is 0.0697. The Morgan fingerprint density at radius 2 is 2.05 bits per heavy atom. The fourth-order valence-corrected chi connectivity index (χ4v) is 3.64. The van der Waals surface area contributed by atoms with Crippen molar-refractivity contribution in [3.8, 4) is 0 Å². The third-order valence-electron chi connectivity index (χ3n) is 4.76. The molecule has 1 aromatic heterocycles. The maximum absolute atomic E-state index is 11.1. The smallest absolute Gasteiger partial charge is 0.335 e. The van der Waals surface area contributed by atoms with Crippen LogP contribution in [0.1, 0.15) is 62.1 Å². The largest absolute Gasteiger partial charge is 0.478 e. The van der Waals surface area contributed by atoms with Gasteiger partial charge in [0.2, 0.25) is 0 Å². The van der Waals surface area contributed by atoms with Gasteiger partial charge in [-0.3, -0.25) is 0 Å². The molecular weight excluding hydrogens is 264 g/mol. The molecule has 1 N–H and O–H groups in total. The number of benzene rings is 1. The minimum atomic E-state index is -0.895. The summed E-state index contributed by atoms with van der Waals surface area (Å²) in [5.74, 6) is 0.172. The zero-order valence-corrected chi connectivity index (χ0v) is 12.7. The Morgan fingerprint density at radius 1 is 1.33 bits per heavy atom. The van der Waals surface area contributed by atoms with Crippen LogP contribution in [-0.2, 0) is 12.0 Å². The van der Waals surface area contributed by atoms with Gasteiger partial charge in [-0.15, -0.1) is 0 Å². The van der Waals surface area contributed by atoms with E-state index in [9.17, 15) is 4.79 Å². The number of carbonyl (C=O) groups is 1. The van der Waals surface area contributed by atoms with E-state index < -0.39 is 5.97 Å². The average Bonchev–Trinajstić information content (AvgIpc) is 2.86. The van der Waals surface area contributed by atoms with Crippen molar-refractivity contribution in [1.82, 2.24) is 9.55 Å². The number of aromatic nitrogens is 2. The van der Waals surface area contributed by atoms with Crippen LogP contribution in [0.15, 0.2) is 18.2 Å². The normalized spacial score (nSPS) is 18.0. The van der Waals surface area contributed by atoms with Crippen LogP contribution in [0.3, 0.4) is 0 Å². The van der Waals surface area contributed by atoms with Gasteiger partial charge in [0.15, 0.2) is 0 Å². The Bertz CT molecular complexity index is 681. The number of fused-ring (bicyclic) bond motifs is 1. The molecule has 3 rings (SSSR count). The standard InChI is InChI=1S/C17H22N2O2/c1-3-15-18-13-11-12(16(20)21)7-8-14(13)19(15)17(2)9-5-4-6-10-17/h7-8,11H,3-6,9-10H2,1-2H3,(H,20,21). The highest BCUT2D eigenvalue weighted by molar-refractivity contribution is 5.92. The molecule has 112 valence electrons. The first kappa shape index (κ1) is 14.1. The van der Waals surface area contributed by atoms with Crippen molar-refractivity contribution in [2.24, 2.45) is 0 Å². The summed E-state index contributed by atoms with van der Waals surface area (Å²) in [5, 5.41) is 9.14. The summed E-state index contributed by atoms with van der Waals surface area (Å²) in [7, 11) is 0. The fourth-order valence-electron chi connectivity index (χ4n) is 3.64. The summed E-state index contributed by atoms with van der Waals surface area (Å²) in [5.41, 5.74) is 2.30. The van der Waals surface area contributed by atoms with E-state index in [-0.39, 0.29) is 5.54 Å². The lowest BCUT2D eigenvalue weighted by Gasteiger charge is -2.37. The van der Waals surface area contributed by atoms with E-state index in [0.29, 0.717) is 5.56 Å². The number of hydrogen-bond donors (Lipinski definition) is 1. The number of rotatable bonds is 3. The molecule has 0 unspecified atom stereocenters. The number of aryl methyl sites for hydroxylation is 1. The number of carboxylic acids is 1. The summed E-state index contributed by atoms with van der Waals surface area (Å²) in [6.07, 6.45) is 7.04. The number of aromatic carboxylic acids is 1. The third-order valence-corrected chi connectivity index (χ3v) is 4.76. The van der Waals surface area contributed by atoms with Gasteiger partial charge in [0.1, 0.15) is 5.82 Å². The van der Waals surface area contributed by atoms with Gasteiger partial charge in [-0.05, 0) is 38.0 Å². The molecule has 0 atom stereocenters. The monoisotopic (exact) mass is 286 g/mol. The van der Waals surface area contributed by atoms with E-state index in [1.54, 1.807) is 12.1 Å².